The van der Waals surface area contributed by atoms with E-state index in [1.165, 1.54) is 55.3 Å². The zero-order chi connectivity index (χ0) is 13.4. The molecule has 1 rings (SSSR count). The molecule has 1 unspecified atom stereocenters. The maximum atomic E-state index is 3.63. The van der Waals surface area contributed by atoms with Crippen molar-refractivity contribution >= 4 is 5.69 Å². The van der Waals surface area contributed by atoms with Gasteiger partial charge in [-0.25, -0.2) is 0 Å². The SMILES string of the molecule is CCCCCCCC(C)Nc1ccc(C)cc1C. The third-order valence-electron chi connectivity index (χ3n) is 3.52. The van der Waals surface area contributed by atoms with Crippen molar-refractivity contribution in [1.82, 2.24) is 0 Å². The monoisotopic (exact) mass is 247 g/mol. The van der Waals surface area contributed by atoms with E-state index in [0.29, 0.717) is 6.04 Å². The van der Waals surface area contributed by atoms with Gasteiger partial charge in [0, 0.05) is 11.7 Å². The Morgan fingerprint density at radius 1 is 1.06 bits per heavy atom. The highest BCUT2D eigenvalue weighted by Crippen LogP contribution is 2.18. The van der Waals surface area contributed by atoms with Crippen LogP contribution in [0.1, 0.15) is 63.5 Å². The summed E-state index contributed by atoms with van der Waals surface area (Å²) < 4.78 is 0. The van der Waals surface area contributed by atoms with Gasteiger partial charge >= 0.3 is 0 Å². The summed E-state index contributed by atoms with van der Waals surface area (Å²) >= 11 is 0. The molecule has 0 aliphatic rings. The summed E-state index contributed by atoms with van der Waals surface area (Å²) in [4.78, 5) is 0. The Kier molecular flexibility index (Phi) is 6.85. The first-order valence-electron chi connectivity index (χ1n) is 7.47. The molecule has 1 nitrogen and oxygen atoms in total. The van der Waals surface area contributed by atoms with Crippen molar-refractivity contribution in [3.8, 4) is 0 Å². The maximum absolute atomic E-state index is 3.63. The van der Waals surface area contributed by atoms with E-state index < -0.39 is 0 Å². The van der Waals surface area contributed by atoms with Crippen molar-refractivity contribution in [2.75, 3.05) is 5.32 Å². The summed E-state index contributed by atoms with van der Waals surface area (Å²) in [5.74, 6) is 0. The third kappa shape index (κ3) is 5.57. The van der Waals surface area contributed by atoms with Gasteiger partial charge in [-0.05, 0) is 38.8 Å². The standard InChI is InChI=1S/C17H29N/c1-5-6-7-8-9-10-16(4)18-17-12-11-14(2)13-15(17)3/h11-13,16,18H,5-10H2,1-4H3. The van der Waals surface area contributed by atoms with Crippen LogP contribution in [-0.2, 0) is 0 Å². The first-order chi connectivity index (χ1) is 8.63. The number of rotatable bonds is 8. The number of unbranched alkanes of at least 4 members (excludes halogenated alkanes) is 4. The van der Waals surface area contributed by atoms with Gasteiger partial charge in [-0.15, -0.1) is 0 Å². The molecule has 0 aromatic heterocycles. The highest BCUT2D eigenvalue weighted by molar-refractivity contribution is 5.52. The molecule has 0 radical (unpaired) electrons. The maximum Gasteiger partial charge on any atom is 0.0372 e. The van der Waals surface area contributed by atoms with Crippen LogP contribution in [0.25, 0.3) is 0 Å². The summed E-state index contributed by atoms with van der Waals surface area (Å²) in [6.07, 6.45) is 8.12. The summed E-state index contributed by atoms with van der Waals surface area (Å²) in [5.41, 5.74) is 3.99. The number of anilines is 1. The van der Waals surface area contributed by atoms with Crippen molar-refractivity contribution in [1.29, 1.82) is 0 Å². The topological polar surface area (TPSA) is 12.0 Å². The second-order valence-electron chi connectivity index (χ2n) is 5.57. The minimum atomic E-state index is 0.577. The average Bonchev–Trinajstić information content (AvgIpc) is 2.32. The van der Waals surface area contributed by atoms with E-state index in [2.05, 4.69) is 51.2 Å². The number of hydrogen-bond donors (Lipinski definition) is 1. The highest BCUT2D eigenvalue weighted by Gasteiger charge is 2.04. The fourth-order valence-corrected chi connectivity index (χ4v) is 2.37. The smallest absolute Gasteiger partial charge is 0.0372 e. The van der Waals surface area contributed by atoms with Gasteiger partial charge in [-0.2, -0.15) is 0 Å². The lowest BCUT2D eigenvalue weighted by Gasteiger charge is -2.17. The first-order valence-corrected chi connectivity index (χ1v) is 7.47. The van der Waals surface area contributed by atoms with Gasteiger partial charge in [0.15, 0.2) is 0 Å². The largest absolute Gasteiger partial charge is 0.382 e. The summed E-state index contributed by atoms with van der Waals surface area (Å²) in [7, 11) is 0. The molecule has 1 aromatic carbocycles. The minimum absolute atomic E-state index is 0.577. The van der Waals surface area contributed by atoms with Crippen LogP contribution in [0.2, 0.25) is 0 Å². The van der Waals surface area contributed by atoms with Crippen molar-refractivity contribution < 1.29 is 0 Å². The summed E-state index contributed by atoms with van der Waals surface area (Å²) in [6.45, 7) is 8.89. The van der Waals surface area contributed by atoms with Crippen LogP contribution in [0.5, 0.6) is 0 Å². The van der Waals surface area contributed by atoms with Crippen molar-refractivity contribution in [2.24, 2.45) is 0 Å². The van der Waals surface area contributed by atoms with Crippen molar-refractivity contribution in [3.63, 3.8) is 0 Å². The minimum Gasteiger partial charge on any atom is -0.382 e. The van der Waals surface area contributed by atoms with Crippen LogP contribution in [-0.4, -0.2) is 6.04 Å². The van der Waals surface area contributed by atoms with E-state index >= 15 is 0 Å². The van der Waals surface area contributed by atoms with E-state index in [4.69, 9.17) is 0 Å². The average molecular weight is 247 g/mol. The molecule has 1 N–H and O–H groups in total. The molecule has 0 bridgehead atoms. The van der Waals surface area contributed by atoms with Crippen LogP contribution >= 0.6 is 0 Å². The van der Waals surface area contributed by atoms with Crippen LogP contribution in [0.15, 0.2) is 18.2 Å². The number of hydrogen-bond acceptors (Lipinski definition) is 1. The fraction of sp³-hybridized carbons (Fsp3) is 0.647. The lowest BCUT2D eigenvalue weighted by atomic mass is 10.1. The molecule has 0 heterocycles. The molecular formula is C17H29N. The lowest BCUT2D eigenvalue weighted by molar-refractivity contribution is 0.578. The van der Waals surface area contributed by atoms with Crippen LogP contribution in [0.3, 0.4) is 0 Å². The number of aryl methyl sites for hydroxylation is 2. The molecular weight excluding hydrogens is 218 g/mol. The molecule has 0 fully saturated rings. The molecule has 0 amide bonds. The normalized spacial score (nSPS) is 12.4. The van der Waals surface area contributed by atoms with E-state index in [9.17, 15) is 0 Å². The molecule has 1 atom stereocenters. The molecule has 0 saturated heterocycles. The van der Waals surface area contributed by atoms with Crippen LogP contribution < -0.4 is 5.32 Å². The summed E-state index contributed by atoms with van der Waals surface area (Å²) in [6, 6.07) is 7.21. The Morgan fingerprint density at radius 3 is 2.44 bits per heavy atom. The zero-order valence-electron chi connectivity index (χ0n) is 12.6. The van der Waals surface area contributed by atoms with Gasteiger partial charge in [-0.3, -0.25) is 0 Å². The second-order valence-corrected chi connectivity index (χ2v) is 5.57. The van der Waals surface area contributed by atoms with Gasteiger partial charge in [-0.1, -0.05) is 56.7 Å². The molecule has 102 valence electrons. The Hall–Kier alpha value is -0.980. The molecule has 1 heteroatoms. The van der Waals surface area contributed by atoms with Crippen molar-refractivity contribution in [3.05, 3.63) is 29.3 Å². The van der Waals surface area contributed by atoms with E-state index in [0.717, 1.165) is 0 Å². The first kappa shape index (κ1) is 15.1. The number of benzene rings is 1. The Bertz CT molecular complexity index is 343. The van der Waals surface area contributed by atoms with Gasteiger partial charge in [0.1, 0.15) is 0 Å². The third-order valence-corrected chi connectivity index (χ3v) is 3.52. The van der Waals surface area contributed by atoms with Gasteiger partial charge < -0.3 is 5.32 Å². The predicted octanol–water partition coefficient (Wildman–Crippen LogP) is 5.46. The Labute approximate surface area is 113 Å². The lowest BCUT2D eigenvalue weighted by Crippen LogP contribution is -2.15. The quantitative estimate of drug-likeness (QED) is 0.601. The van der Waals surface area contributed by atoms with E-state index in [1.807, 2.05) is 0 Å². The van der Waals surface area contributed by atoms with E-state index in [-0.39, 0.29) is 0 Å². The van der Waals surface area contributed by atoms with Crippen molar-refractivity contribution in [2.45, 2.75) is 72.3 Å². The van der Waals surface area contributed by atoms with Gasteiger partial charge in [0.25, 0.3) is 0 Å². The predicted molar refractivity (Wildman–Crippen MR) is 82.4 cm³/mol. The molecule has 0 spiro atoms. The van der Waals surface area contributed by atoms with Crippen LogP contribution in [0.4, 0.5) is 5.69 Å². The van der Waals surface area contributed by atoms with Gasteiger partial charge in [0.05, 0.1) is 0 Å². The Morgan fingerprint density at radius 2 is 1.78 bits per heavy atom. The zero-order valence-corrected chi connectivity index (χ0v) is 12.6. The van der Waals surface area contributed by atoms with E-state index in [1.54, 1.807) is 0 Å². The molecule has 0 aliphatic carbocycles. The fourth-order valence-electron chi connectivity index (χ4n) is 2.37. The number of nitrogens with one attached hydrogen (secondary N) is 1. The van der Waals surface area contributed by atoms with Gasteiger partial charge in [0.2, 0.25) is 0 Å². The second kappa shape index (κ2) is 8.18. The molecule has 1 aromatic rings. The molecule has 0 aliphatic heterocycles. The highest BCUT2D eigenvalue weighted by atomic mass is 14.9. The Balaban J connectivity index is 2.28. The summed E-state index contributed by atoms with van der Waals surface area (Å²) in [5, 5.41) is 3.63. The van der Waals surface area contributed by atoms with Crippen LogP contribution in [0, 0.1) is 13.8 Å². The molecule has 18 heavy (non-hydrogen) atoms. The molecule has 0 saturated carbocycles.